The van der Waals surface area contributed by atoms with E-state index >= 15 is 0 Å². The van der Waals surface area contributed by atoms with Gasteiger partial charge in [-0.25, -0.2) is 0 Å². The molecule has 1 aliphatic rings. The molecule has 0 aromatic heterocycles. The Morgan fingerprint density at radius 1 is 1.03 bits per heavy atom. The van der Waals surface area contributed by atoms with Crippen LogP contribution in [0.3, 0.4) is 0 Å². The minimum atomic E-state index is -4.96. The molecular weight excluding hydrogens is 490 g/mol. The number of carbonyl (C=O) groups excluding carboxylic acids is 2. The number of aryl methyl sites for hydroxylation is 1. The summed E-state index contributed by atoms with van der Waals surface area (Å²) in [7, 11) is 0. The fourth-order valence-electron chi connectivity index (χ4n) is 4.29. The predicted octanol–water partition coefficient (Wildman–Crippen LogP) is 5.07. The Hall–Kier alpha value is -3.08. The number of likely N-dealkylation sites (tertiary alicyclic amines) is 1. The molecule has 3 rings (SSSR count). The van der Waals surface area contributed by atoms with Crippen LogP contribution in [0.1, 0.15) is 47.1 Å². The van der Waals surface area contributed by atoms with Crippen molar-refractivity contribution in [2.45, 2.75) is 51.2 Å². The van der Waals surface area contributed by atoms with Crippen molar-refractivity contribution in [2.75, 3.05) is 19.6 Å². The van der Waals surface area contributed by atoms with Crippen molar-refractivity contribution < 1.29 is 40.7 Å². The normalized spacial score (nSPS) is 18.7. The Kier molecular flexibility index (Phi) is 8.33. The second-order valence-corrected chi connectivity index (χ2v) is 8.76. The van der Waals surface area contributed by atoms with Crippen LogP contribution in [-0.4, -0.2) is 42.5 Å². The van der Waals surface area contributed by atoms with E-state index in [4.69, 9.17) is 4.74 Å². The van der Waals surface area contributed by atoms with Gasteiger partial charge in [-0.15, -0.1) is 0 Å². The SMILES string of the molecule is CC(=O)NCC(=O)N1CC[C@@H](c2ccccc2C)[C@@H](OCc2cc(C(F)(F)F)cc(C(F)(F)F)c2)C1. The molecule has 2 atom stereocenters. The lowest BCUT2D eigenvalue weighted by Gasteiger charge is -2.39. The molecule has 196 valence electrons. The fraction of sp³-hybridized carbons (Fsp3) is 0.440. The second-order valence-electron chi connectivity index (χ2n) is 8.76. The smallest absolute Gasteiger partial charge is 0.371 e. The standard InChI is InChI=1S/C25H26F6N2O3/c1-15-5-3-4-6-20(15)21-7-8-33(23(35)12-32-16(2)34)13-22(21)36-14-17-9-18(24(26,27)28)11-19(10-17)25(29,30)31/h3-6,9-11,21-22H,7-8,12-14H2,1-2H3,(H,32,34)/t21-,22-/m0/s1. The van der Waals surface area contributed by atoms with Gasteiger partial charge in [-0.3, -0.25) is 9.59 Å². The highest BCUT2D eigenvalue weighted by Gasteiger charge is 2.38. The molecule has 1 aliphatic heterocycles. The van der Waals surface area contributed by atoms with E-state index in [1.165, 1.54) is 11.8 Å². The first-order chi connectivity index (χ1) is 16.8. The number of rotatable bonds is 6. The van der Waals surface area contributed by atoms with Gasteiger partial charge in [-0.1, -0.05) is 24.3 Å². The van der Waals surface area contributed by atoms with Gasteiger partial charge in [0.2, 0.25) is 11.8 Å². The zero-order valence-corrected chi connectivity index (χ0v) is 19.7. The highest BCUT2D eigenvalue weighted by Crippen LogP contribution is 2.37. The maximum atomic E-state index is 13.2. The van der Waals surface area contributed by atoms with E-state index in [9.17, 15) is 35.9 Å². The third kappa shape index (κ3) is 6.99. The molecule has 5 nitrogen and oxygen atoms in total. The Morgan fingerprint density at radius 3 is 2.19 bits per heavy atom. The quantitative estimate of drug-likeness (QED) is 0.546. The summed E-state index contributed by atoms with van der Waals surface area (Å²) in [6.07, 6.45) is -10.1. The van der Waals surface area contributed by atoms with Crippen LogP contribution >= 0.6 is 0 Å². The second kappa shape index (κ2) is 10.9. The number of hydrogen-bond donors (Lipinski definition) is 1. The average molecular weight is 516 g/mol. The Morgan fingerprint density at radius 2 is 1.64 bits per heavy atom. The van der Waals surface area contributed by atoms with Gasteiger partial charge in [0.05, 0.1) is 30.4 Å². The van der Waals surface area contributed by atoms with Gasteiger partial charge in [0.25, 0.3) is 0 Å². The van der Waals surface area contributed by atoms with Gasteiger partial charge in [0, 0.05) is 25.9 Å². The van der Waals surface area contributed by atoms with Crippen LogP contribution in [0.5, 0.6) is 0 Å². The van der Waals surface area contributed by atoms with E-state index in [-0.39, 0.29) is 42.5 Å². The fourth-order valence-corrected chi connectivity index (χ4v) is 4.29. The van der Waals surface area contributed by atoms with E-state index < -0.39 is 36.2 Å². The summed E-state index contributed by atoms with van der Waals surface area (Å²) >= 11 is 0. The lowest BCUT2D eigenvalue weighted by Crippen LogP contribution is -2.49. The maximum absolute atomic E-state index is 13.2. The van der Waals surface area contributed by atoms with E-state index in [2.05, 4.69) is 5.32 Å². The minimum absolute atomic E-state index is 0.0719. The first kappa shape index (κ1) is 27.5. The molecule has 2 aromatic rings. The lowest BCUT2D eigenvalue weighted by molar-refractivity contribution is -0.143. The lowest BCUT2D eigenvalue weighted by atomic mass is 9.84. The number of amides is 2. The van der Waals surface area contributed by atoms with Gasteiger partial charge >= 0.3 is 12.4 Å². The summed E-state index contributed by atoms with van der Waals surface area (Å²) in [5, 5.41) is 2.42. The molecule has 2 amide bonds. The maximum Gasteiger partial charge on any atom is 0.416 e. The molecular formula is C25H26F6N2O3. The molecule has 11 heteroatoms. The number of nitrogens with one attached hydrogen (secondary N) is 1. The summed E-state index contributed by atoms with van der Waals surface area (Å²) in [4.78, 5) is 25.2. The van der Waals surface area contributed by atoms with E-state index in [1.54, 1.807) is 0 Å². The molecule has 0 radical (unpaired) electrons. The monoisotopic (exact) mass is 516 g/mol. The summed E-state index contributed by atoms with van der Waals surface area (Å²) < 4.78 is 85.4. The molecule has 1 heterocycles. The topological polar surface area (TPSA) is 58.6 Å². The first-order valence-corrected chi connectivity index (χ1v) is 11.2. The molecule has 36 heavy (non-hydrogen) atoms. The molecule has 1 fully saturated rings. The third-order valence-electron chi connectivity index (χ3n) is 6.10. The molecule has 0 spiro atoms. The van der Waals surface area contributed by atoms with Crippen LogP contribution in [0.2, 0.25) is 0 Å². The predicted molar refractivity (Wildman–Crippen MR) is 119 cm³/mol. The summed E-state index contributed by atoms with van der Waals surface area (Å²) in [5.41, 5.74) is -1.23. The van der Waals surface area contributed by atoms with Crippen molar-refractivity contribution in [3.05, 3.63) is 70.3 Å². The third-order valence-corrected chi connectivity index (χ3v) is 6.10. The van der Waals surface area contributed by atoms with Crippen LogP contribution in [-0.2, 0) is 33.3 Å². The Balaban J connectivity index is 1.87. The van der Waals surface area contributed by atoms with Gasteiger partial charge in [0.1, 0.15) is 0 Å². The van der Waals surface area contributed by atoms with Crippen molar-refractivity contribution in [3.8, 4) is 0 Å². The van der Waals surface area contributed by atoms with Crippen molar-refractivity contribution >= 4 is 11.8 Å². The minimum Gasteiger partial charge on any atom is -0.371 e. The van der Waals surface area contributed by atoms with Crippen molar-refractivity contribution in [1.82, 2.24) is 10.2 Å². The number of nitrogens with zero attached hydrogens (tertiary/aromatic N) is 1. The molecule has 0 unspecified atom stereocenters. The summed E-state index contributed by atoms with van der Waals surface area (Å²) in [5.74, 6) is -0.972. The van der Waals surface area contributed by atoms with Crippen LogP contribution in [0.15, 0.2) is 42.5 Å². The van der Waals surface area contributed by atoms with Gasteiger partial charge in [-0.05, 0) is 48.2 Å². The highest BCUT2D eigenvalue weighted by molar-refractivity contribution is 5.83. The zero-order valence-electron chi connectivity index (χ0n) is 19.7. The van der Waals surface area contributed by atoms with Crippen molar-refractivity contribution in [3.63, 3.8) is 0 Å². The van der Waals surface area contributed by atoms with Crippen molar-refractivity contribution in [1.29, 1.82) is 0 Å². The largest absolute Gasteiger partial charge is 0.416 e. The summed E-state index contributed by atoms with van der Waals surface area (Å²) in [6, 6.07) is 8.81. The number of piperidine rings is 1. The molecule has 2 aromatic carbocycles. The number of alkyl halides is 6. The van der Waals surface area contributed by atoms with Crippen LogP contribution in [0.4, 0.5) is 26.3 Å². The van der Waals surface area contributed by atoms with E-state index in [0.29, 0.717) is 25.1 Å². The van der Waals surface area contributed by atoms with E-state index in [0.717, 1.165) is 11.1 Å². The summed E-state index contributed by atoms with van der Waals surface area (Å²) in [6.45, 7) is 2.87. The van der Waals surface area contributed by atoms with Crippen LogP contribution < -0.4 is 5.32 Å². The average Bonchev–Trinajstić information content (AvgIpc) is 2.80. The van der Waals surface area contributed by atoms with Crippen LogP contribution in [0, 0.1) is 6.92 Å². The number of benzene rings is 2. The number of hydrogen-bond acceptors (Lipinski definition) is 3. The molecule has 0 saturated carbocycles. The van der Waals surface area contributed by atoms with Gasteiger partial charge < -0.3 is 15.0 Å². The Bertz CT molecular complexity index is 1070. The molecule has 0 bridgehead atoms. The molecule has 1 saturated heterocycles. The molecule has 1 N–H and O–H groups in total. The van der Waals surface area contributed by atoms with Crippen LogP contribution in [0.25, 0.3) is 0 Å². The van der Waals surface area contributed by atoms with Gasteiger partial charge in [0.15, 0.2) is 0 Å². The van der Waals surface area contributed by atoms with E-state index in [1.807, 2.05) is 31.2 Å². The number of halogens is 6. The number of ether oxygens (including phenoxy) is 1. The van der Waals surface area contributed by atoms with Crippen molar-refractivity contribution in [2.24, 2.45) is 0 Å². The first-order valence-electron chi connectivity index (χ1n) is 11.2. The number of carbonyl (C=O) groups is 2. The molecule has 0 aliphatic carbocycles. The zero-order chi connectivity index (χ0) is 26.7. The Labute approximate surface area is 204 Å². The highest BCUT2D eigenvalue weighted by atomic mass is 19.4. The van der Waals surface area contributed by atoms with Gasteiger partial charge in [-0.2, -0.15) is 26.3 Å².